The Kier molecular flexibility index (Phi) is 6.26. The van der Waals surface area contributed by atoms with E-state index in [0.717, 1.165) is 16.7 Å². The van der Waals surface area contributed by atoms with Gasteiger partial charge in [0.15, 0.2) is 5.75 Å². The number of carbonyl (C=O) groups excluding carboxylic acids is 1. The molecule has 2 aromatic heterocycles. The second-order valence-corrected chi connectivity index (χ2v) is 8.30. The molecule has 0 spiro atoms. The average Bonchev–Trinajstić information content (AvgIpc) is 3.20. The lowest BCUT2D eigenvalue weighted by molar-refractivity contribution is 0.102. The third-order valence-electron chi connectivity index (χ3n) is 4.99. The molecule has 0 atom stereocenters. The number of halogens is 2. The highest BCUT2D eigenvalue weighted by Gasteiger charge is 2.17. The molecule has 6 nitrogen and oxygen atoms in total. The van der Waals surface area contributed by atoms with E-state index in [1.807, 2.05) is 18.2 Å². The van der Waals surface area contributed by atoms with Crippen LogP contribution in [-0.4, -0.2) is 23.0 Å². The molecule has 4 aromatic rings. The van der Waals surface area contributed by atoms with Crippen LogP contribution in [0.4, 0.5) is 5.69 Å². The number of amides is 1. The molecule has 0 saturated carbocycles. The van der Waals surface area contributed by atoms with E-state index in [9.17, 15) is 4.79 Å². The van der Waals surface area contributed by atoms with Gasteiger partial charge < -0.3 is 19.8 Å². The fraction of sp³-hybridized carbons (Fsp3) is 0.167. The van der Waals surface area contributed by atoms with Gasteiger partial charge in [0.05, 0.1) is 22.7 Å². The molecule has 0 aliphatic rings. The summed E-state index contributed by atoms with van der Waals surface area (Å²) in [6, 6.07) is 12.3. The minimum atomic E-state index is -0.304. The number of nitrogens with one attached hydrogen (secondary N) is 2. The Balaban J connectivity index is 1.57. The van der Waals surface area contributed by atoms with Crippen molar-refractivity contribution in [3.63, 3.8) is 0 Å². The van der Waals surface area contributed by atoms with Crippen LogP contribution in [-0.2, 0) is 0 Å². The molecule has 32 heavy (non-hydrogen) atoms. The number of hydrogen-bond donors (Lipinski definition) is 2. The highest BCUT2D eigenvalue weighted by atomic mass is 35.5. The number of ether oxygens (including phenoxy) is 2. The summed E-state index contributed by atoms with van der Waals surface area (Å²) in [5.41, 5.74) is 2.57. The molecule has 2 heterocycles. The van der Waals surface area contributed by atoms with Gasteiger partial charge in [0.2, 0.25) is 0 Å². The zero-order valence-corrected chi connectivity index (χ0v) is 19.2. The third kappa shape index (κ3) is 4.38. The van der Waals surface area contributed by atoms with Gasteiger partial charge in [-0.3, -0.25) is 4.79 Å². The van der Waals surface area contributed by atoms with Gasteiger partial charge >= 0.3 is 0 Å². The molecule has 2 aromatic carbocycles. The smallest absolute Gasteiger partial charge is 0.257 e. The lowest BCUT2D eigenvalue weighted by Gasteiger charge is -2.16. The van der Waals surface area contributed by atoms with Crippen LogP contribution in [0.5, 0.6) is 17.2 Å². The molecular weight excluding hydrogens is 449 g/mol. The Hall–Kier alpha value is -3.22. The Morgan fingerprint density at radius 3 is 2.56 bits per heavy atom. The highest BCUT2D eigenvalue weighted by molar-refractivity contribution is 6.37. The van der Waals surface area contributed by atoms with Crippen molar-refractivity contribution in [3.8, 4) is 17.2 Å². The fourth-order valence-corrected chi connectivity index (χ4v) is 3.98. The number of hydrogen-bond acceptors (Lipinski definition) is 4. The van der Waals surface area contributed by atoms with Crippen molar-refractivity contribution in [3.05, 3.63) is 76.0 Å². The number of methoxy groups -OCH3 is 1. The summed E-state index contributed by atoms with van der Waals surface area (Å²) in [7, 11) is 1.63. The summed E-state index contributed by atoms with van der Waals surface area (Å²) in [6.45, 7) is 4.14. The third-order valence-corrected chi connectivity index (χ3v) is 5.56. The average molecular weight is 470 g/mol. The Labute approximate surface area is 195 Å². The van der Waals surface area contributed by atoms with Crippen LogP contribution in [0.15, 0.2) is 54.9 Å². The summed E-state index contributed by atoms with van der Waals surface area (Å²) in [5.74, 6) is 1.62. The summed E-state index contributed by atoms with van der Waals surface area (Å²) in [4.78, 5) is 19.9. The Bertz CT molecular complexity index is 1280. The van der Waals surface area contributed by atoms with Crippen LogP contribution < -0.4 is 14.8 Å². The number of aromatic nitrogens is 2. The molecule has 0 radical (unpaired) electrons. The first-order valence-electron chi connectivity index (χ1n) is 9.95. The van der Waals surface area contributed by atoms with E-state index >= 15 is 0 Å². The van der Waals surface area contributed by atoms with E-state index in [1.54, 1.807) is 43.8 Å². The summed E-state index contributed by atoms with van der Waals surface area (Å²) in [6.07, 6.45) is 3.27. The minimum Gasteiger partial charge on any atom is -0.496 e. The molecule has 8 heteroatoms. The molecule has 4 rings (SSSR count). The van der Waals surface area contributed by atoms with Crippen LogP contribution in [0.1, 0.15) is 35.7 Å². The standard InChI is InChI=1S/C24H21Cl2N3O3/c1-13(2)17-11-15(6-7-21(17)31-3)32-22-19(25)9-14(10-20(22)26)29-24(30)18-12-28-23-16(18)5-4-8-27-23/h4-13H,1-3H3,(H,27,28)(H,29,30). The number of benzene rings is 2. The number of anilines is 1. The van der Waals surface area contributed by atoms with Crippen molar-refractivity contribution in [1.29, 1.82) is 0 Å². The van der Waals surface area contributed by atoms with Crippen molar-refractivity contribution in [2.75, 3.05) is 12.4 Å². The van der Waals surface area contributed by atoms with Gasteiger partial charge in [0.25, 0.3) is 5.91 Å². The molecule has 0 aliphatic carbocycles. The maximum absolute atomic E-state index is 12.8. The number of nitrogens with zero attached hydrogens (tertiary/aromatic N) is 1. The first-order chi connectivity index (χ1) is 15.4. The van der Waals surface area contributed by atoms with Crippen molar-refractivity contribution in [2.24, 2.45) is 0 Å². The predicted octanol–water partition coefficient (Wildman–Crippen LogP) is 7.05. The monoisotopic (exact) mass is 469 g/mol. The molecule has 1 amide bonds. The van der Waals surface area contributed by atoms with Crippen LogP contribution in [0, 0.1) is 0 Å². The molecular formula is C24H21Cl2N3O3. The summed E-state index contributed by atoms with van der Waals surface area (Å²) < 4.78 is 11.4. The Morgan fingerprint density at radius 1 is 1.12 bits per heavy atom. The van der Waals surface area contributed by atoms with Crippen LogP contribution in [0.2, 0.25) is 10.0 Å². The zero-order chi connectivity index (χ0) is 22.8. The van der Waals surface area contributed by atoms with Gasteiger partial charge in [0, 0.05) is 29.0 Å². The molecule has 0 unspecified atom stereocenters. The number of aromatic amines is 1. The SMILES string of the molecule is COc1ccc(Oc2c(Cl)cc(NC(=O)c3c[nH]c4ncccc34)cc2Cl)cc1C(C)C. The topological polar surface area (TPSA) is 76.2 Å². The highest BCUT2D eigenvalue weighted by Crippen LogP contribution is 2.40. The lowest BCUT2D eigenvalue weighted by atomic mass is 10.0. The summed E-state index contributed by atoms with van der Waals surface area (Å²) in [5, 5.41) is 4.09. The van der Waals surface area contributed by atoms with Gasteiger partial charge in [-0.25, -0.2) is 4.98 Å². The fourth-order valence-electron chi connectivity index (χ4n) is 3.42. The van der Waals surface area contributed by atoms with Gasteiger partial charge in [-0.15, -0.1) is 0 Å². The predicted molar refractivity (Wildman–Crippen MR) is 128 cm³/mol. The molecule has 0 aliphatic heterocycles. The van der Waals surface area contributed by atoms with Crippen LogP contribution >= 0.6 is 23.2 Å². The van der Waals surface area contributed by atoms with E-state index in [1.165, 1.54) is 0 Å². The molecule has 0 saturated heterocycles. The van der Waals surface area contributed by atoms with Crippen molar-refractivity contribution < 1.29 is 14.3 Å². The summed E-state index contributed by atoms with van der Waals surface area (Å²) >= 11 is 12.9. The maximum Gasteiger partial charge on any atom is 0.257 e. The zero-order valence-electron chi connectivity index (χ0n) is 17.7. The lowest BCUT2D eigenvalue weighted by Crippen LogP contribution is -2.11. The molecule has 0 bridgehead atoms. The second kappa shape index (κ2) is 9.10. The largest absolute Gasteiger partial charge is 0.496 e. The number of H-pyrrole nitrogens is 1. The number of rotatable bonds is 6. The van der Waals surface area contributed by atoms with Gasteiger partial charge in [-0.1, -0.05) is 37.0 Å². The first-order valence-corrected chi connectivity index (χ1v) is 10.7. The quantitative estimate of drug-likeness (QED) is 0.317. The minimum absolute atomic E-state index is 0.247. The van der Waals surface area contributed by atoms with E-state index < -0.39 is 0 Å². The van der Waals surface area contributed by atoms with E-state index in [-0.39, 0.29) is 21.9 Å². The van der Waals surface area contributed by atoms with Crippen molar-refractivity contribution >= 4 is 45.8 Å². The number of carbonyl (C=O) groups is 1. The van der Waals surface area contributed by atoms with E-state index in [2.05, 4.69) is 29.1 Å². The first kappa shape index (κ1) is 22.0. The Morgan fingerprint density at radius 2 is 1.88 bits per heavy atom. The normalized spacial score (nSPS) is 11.1. The van der Waals surface area contributed by atoms with Crippen LogP contribution in [0.3, 0.4) is 0 Å². The van der Waals surface area contributed by atoms with E-state index in [4.69, 9.17) is 32.7 Å². The van der Waals surface area contributed by atoms with Crippen molar-refractivity contribution in [2.45, 2.75) is 19.8 Å². The number of pyridine rings is 1. The van der Waals surface area contributed by atoms with Gasteiger partial charge in [-0.2, -0.15) is 0 Å². The van der Waals surface area contributed by atoms with Gasteiger partial charge in [0.1, 0.15) is 17.1 Å². The van der Waals surface area contributed by atoms with Gasteiger partial charge in [-0.05, 0) is 48.4 Å². The molecule has 164 valence electrons. The van der Waals surface area contributed by atoms with E-state index in [0.29, 0.717) is 28.4 Å². The number of fused-ring (bicyclic) bond motifs is 1. The molecule has 0 fully saturated rings. The van der Waals surface area contributed by atoms with Crippen molar-refractivity contribution in [1.82, 2.24) is 9.97 Å². The maximum atomic E-state index is 12.8. The second-order valence-electron chi connectivity index (χ2n) is 7.49. The van der Waals surface area contributed by atoms with Crippen LogP contribution in [0.25, 0.3) is 11.0 Å². The molecule has 2 N–H and O–H groups in total.